The quantitative estimate of drug-likeness (QED) is 0.401. The van der Waals surface area contributed by atoms with Crippen molar-refractivity contribution in [2.75, 3.05) is 6.61 Å². The minimum atomic E-state index is -4.81. The number of carbonyl (C=O) groups excluding carboxylic acids is 2. The number of carbonyl (C=O) groups is 3. The molecule has 0 bridgehead atoms. The Bertz CT molecular complexity index is 754. The Labute approximate surface area is 165 Å². The van der Waals surface area contributed by atoms with Gasteiger partial charge in [-0.2, -0.15) is 8.42 Å². The molecule has 0 aromatic rings. The van der Waals surface area contributed by atoms with Crippen molar-refractivity contribution in [2.45, 2.75) is 64.4 Å². The number of carboxylic acids is 1. The van der Waals surface area contributed by atoms with Crippen LogP contribution in [0.15, 0.2) is 12.2 Å². The van der Waals surface area contributed by atoms with E-state index in [0.717, 1.165) is 4.90 Å². The maximum atomic E-state index is 12.0. The maximum absolute atomic E-state index is 12.0. The summed E-state index contributed by atoms with van der Waals surface area (Å²) in [5.41, 5.74) is -1.93. The fraction of sp³-hybridized carbons (Fsp3) is 0.722. The van der Waals surface area contributed by atoms with Gasteiger partial charge in [0.25, 0.3) is 21.9 Å². The monoisotopic (exact) mass is 419 g/mol. The first-order valence-electron chi connectivity index (χ1n) is 8.97. The third kappa shape index (κ3) is 4.98. The van der Waals surface area contributed by atoms with E-state index in [9.17, 15) is 32.5 Å². The van der Waals surface area contributed by atoms with Crippen LogP contribution in [-0.4, -0.2) is 63.8 Å². The molecule has 0 saturated heterocycles. The van der Waals surface area contributed by atoms with Crippen molar-refractivity contribution in [3.8, 4) is 0 Å². The fourth-order valence-electron chi connectivity index (χ4n) is 3.25. The van der Waals surface area contributed by atoms with E-state index in [1.807, 2.05) is 0 Å². The van der Waals surface area contributed by atoms with Gasteiger partial charge in [-0.3, -0.25) is 23.8 Å². The molecule has 1 aliphatic heterocycles. The molecule has 0 aliphatic carbocycles. The highest BCUT2D eigenvalue weighted by molar-refractivity contribution is 7.87. The number of hydrogen-bond donors (Lipinski definition) is 2. The lowest BCUT2D eigenvalue weighted by atomic mass is 9.80. The number of aliphatic carboxylic acids is 1. The largest absolute Gasteiger partial charge is 0.480 e. The van der Waals surface area contributed by atoms with Crippen molar-refractivity contribution in [1.82, 2.24) is 4.90 Å². The van der Waals surface area contributed by atoms with E-state index < -0.39 is 56.1 Å². The molecule has 10 heteroatoms. The number of nitrogens with zero attached hydrogens (tertiary/aromatic N) is 1. The van der Waals surface area contributed by atoms with Crippen LogP contribution in [0.4, 0.5) is 0 Å². The highest BCUT2D eigenvalue weighted by Gasteiger charge is 2.46. The summed E-state index contributed by atoms with van der Waals surface area (Å²) in [6.07, 6.45) is 2.81. The van der Waals surface area contributed by atoms with Crippen LogP contribution in [0.1, 0.15) is 48.0 Å². The van der Waals surface area contributed by atoms with Gasteiger partial charge in [-0.15, -0.1) is 0 Å². The number of amides is 2. The van der Waals surface area contributed by atoms with Crippen LogP contribution < -0.4 is 0 Å². The first kappa shape index (κ1) is 24.3. The molecule has 0 radical (unpaired) electrons. The Balaban J connectivity index is 3.01. The molecular formula is C18H29NO8S. The Kier molecular flexibility index (Phi) is 7.19. The molecule has 0 fully saturated rings. The molecule has 1 rings (SSSR count). The van der Waals surface area contributed by atoms with Gasteiger partial charge in [0.05, 0.1) is 17.7 Å². The highest BCUT2D eigenvalue weighted by Crippen LogP contribution is 2.34. The summed E-state index contributed by atoms with van der Waals surface area (Å²) in [5.74, 6) is -4.08. The van der Waals surface area contributed by atoms with Gasteiger partial charge >= 0.3 is 5.97 Å². The fourth-order valence-corrected chi connectivity index (χ4v) is 4.28. The van der Waals surface area contributed by atoms with Crippen molar-refractivity contribution >= 4 is 27.9 Å². The van der Waals surface area contributed by atoms with Gasteiger partial charge in [-0.25, -0.2) is 0 Å². The molecule has 160 valence electrons. The van der Waals surface area contributed by atoms with Crippen molar-refractivity contribution in [3.05, 3.63) is 12.2 Å². The highest BCUT2D eigenvalue weighted by atomic mass is 32.2. The van der Waals surface area contributed by atoms with Crippen LogP contribution in [0.25, 0.3) is 0 Å². The zero-order chi connectivity index (χ0) is 22.1. The van der Waals surface area contributed by atoms with Crippen LogP contribution in [0.5, 0.6) is 0 Å². The van der Waals surface area contributed by atoms with Crippen molar-refractivity contribution in [3.63, 3.8) is 0 Å². The van der Waals surface area contributed by atoms with Gasteiger partial charge < -0.3 is 9.84 Å². The Morgan fingerprint density at radius 3 is 2.00 bits per heavy atom. The molecule has 0 aromatic carbocycles. The van der Waals surface area contributed by atoms with E-state index in [1.165, 1.54) is 19.1 Å². The van der Waals surface area contributed by atoms with Crippen molar-refractivity contribution in [1.29, 1.82) is 0 Å². The Morgan fingerprint density at radius 1 is 1.18 bits per heavy atom. The minimum absolute atomic E-state index is 0.0175. The number of rotatable bonds is 10. The van der Waals surface area contributed by atoms with E-state index in [0.29, 0.717) is 6.42 Å². The predicted octanol–water partition coefficient (Wildman–Crippen LogP) is 1.49. The summed E-state index contributed by atoms with van der Waals surface area (Å²) in [5, 5.41) is 7.23. The lowest BCUT2D eigenvalue weighted by Crippen LogP contribution is -2.55. The van der Waals surface area contributed by atoms with E-state index in [-0.39, 0.29) is 6.61 Å². The third-order valence-corrected chi connectivity index (χ3v) is 7.07. The zero-order valence-electron chi connectivity index (χ0n) is 17.0. The van der Waals surface area contributed by atoms with Gasteiger partial charge in [0.15, 0.2) is 5.25 Å². The molecule has 2 N–H and O–H groups in total. The standard InChI is InChI=1S/C18H29NO8S/c1-7-18(6,19-13(20)8-9-14(19)21)10-27-17(4,5)12(3)11(2)15(16(22)23)28(24,25)26/h8-9,11-12,15H,7,10H2,1-6H3,(H,22,23)(H,24,25,26). The Hall–Kier alpha value is -1.78. The van der Waals surface area contributed by atoms with Gasteiger partial charge in [-0.1, -0.05) is 20.8 Å². The number of hydrogen-bond acceptors (Lipinski definition) is 6. The topological polar surface area (TPSA) is 138 Å². The molecule has 1 heterocycles. The van der Waals surface area contributed by atoms with E-state index in [4.69, 9.17) is 4.74 Å². The molecule has 0 saturated carbocycles. The van der Waals surface area contributed by atoms with E-state index in [1.54, 1.807) is 34.6 Å². The van der Waals surface area contributed by atoms with Crippen LogP contribution in [-0.2, 0) is 29.2 Å². The molecular weight excluding hydrogens is 390 g/mol. The number of carboxylic acid groups (broad SMARTS) is 1. The van der Waals surface area contributed by atoms with Crippen molar-refractivity contribution < 1.29 is 37.2 Å². The summed E-state index contributed by atoms with van der Waals surface area (Å²) < 4.78 is 38.3. The van der Waals surface area contributed by atoms with Crippen LogP contribution in [0.3, 0.4) is 0 Å². The number of ether oxygens (including phenoxy) is 1. The van der Waals surface area contributed by atoms with Gasteiger partial charge in [0.2, 0.25) is 0 Å². The predicted molar refractivity (Wildman–Crippen MR) is 101 cm³/mol. The van der Waals surface area contributed by atoms with Gasteiger partial charge in [-0.05, 0) is 39.0 Å². The maximum Gasteiger partial charge on any atom is 0.324 e. The van der Waals surface area contributed by atoms with Gasteiger partial charge in [0, 0.05) is 12.2 Å². The summed E-state index contributed by atoms with van der Waals surface area (Å²) in [6.45, 7) is 9.87. The van der Waals surface area contributed by atoms with Crippen LogP contribution >= 0.6 is 0 Å². The Morgan fingerprint density at radius 2 is 1.64 bits per heavy atom. The van der Waals surface area contributed by atoms with E-state index >= 15 is 0 Å². The normalized spacial score (nSPS) is 20.8. The van der Waals surface area contributed by atoms with E-state index in [2.05, 4.69) is 0 Å². The van der Waals surface area contributed by atoms with Crippen LogP contribution in [0, 0.1) is 11.8 Å². The lowest BCUT2D eigenvalue weighted by Gasteiger charge is -2.42. The second-order valence-corrected chi connectivity index (χ2v) is 9.55. The second-order valence-electron chi connectivity index (χ2n) is 8.01. The lowest BCUT2D eigenvalue weighted by molar-refractivity contribution is -0.155. The molecule has 9 nitrogen and oxygen atoms in total. The average Bonchev–Trinajstić information content (AvgIpc) is 2.89. The molecule has 4 unspecified atom stereocenters. The molecule has 4 atom stereocenters. The number of imide groups is 1. The SMILES string of the molecule is CCC(C)(COC(C)(C)C(C)C(C)C(C(=O)O)S(=O)(=O)O)N1C(=O)C=CC1=O. The molecule has 2 amide bonds. The summed E-state index contributed by atoms with van der Waals surface area (Å²) >= 11 is 0. The molecule has 1 aliphatic rings. The summed E-state index contributed by atoms with van der Waals surface area (Å²) in [7, 11) is -4.81. The van der Waals surface area contributed by atoms with Crippen LogP contribution in [0.2, 0.25) is 0 Å². The average molecular weight is 419 g/mol. The minimum Gasteiger partial charge on any atom is -0.480 e. The zero-order valence-corrected chi connectivity index (χ0v) is 17.8. The first-order chi connectivity index (χ1) is 12.6. The third-order valence-electron chi connectivity index (χ3n) is 5.79. The van der Waals surface area contributed by atoms with Gasteiger partial charge in [0.1, 0.15) is 0 Å². The molecule has 28 heavy (non-hydrogen) atoms. The molecule has 0 spiro atoms. The second kappa shape index (κ2) is 8.30. The van der Waals surface area contributed by atoms with Crippen molar-refractivity contribution in [2.24, 2.45) is 11.8 Å². The smallest absolute Gasteiger partial charge is 0.324 e. The summed E-state index contributed by atoms with van der Waals surface area (Å²) in [6, 6.07) is 0. The summed E-state index contributed by atoms with van der Waals surface area (Å²) in [4.78, 5) is 36.5. The first-order valence-corrected chi connectivity index (χ1v) is 10.5. The molecule has 0 aromatic heterocycles.